The number of carbonyl (C=O) groups excluding carboxylic acids is 2. The summed E-state index contributed by atoms with van der Waals surface area (Å²) in [5, 5.41) is 11.7. The molecule has 2 fully saturated rings. The van der Waals surface area contributed by atoms with Crippen molar-refractivity contribution in [2.24, 2.45) is 0 Å². The Bertz CT molecular complexity index is 1360. The van der Waals surface area contributed by atoms with Gasteiger partial charge in [-0.05, 0) is 65.8 Å². The quantitative estimate of drug-likeness (QED) is 0.190. The van der Waals surface area contributed by atoms with E-state index < -0.39 is 16.1 Å². The van der Waals surface area contributed by atoms with Gasteiger partial charge in [0.1, 0.15) is 34.2 Å². The van der Waals surface area contributed by atoms with Crippen LogP contribution >= 0.6 is 23.2 Å². The van der Waals surface area contributed by atoms with Crippen molar-refractivity contribution in [1.29, 1.82) is 0 Å². The lowest BCUT2D eigenvalue weighted by Crippen LogP contribution is -2.44. The van der Waals surface area contributed by atoms with Crippen molar-refractivity contribution in [3.63, 3.8) is 0 Å². The van der Waals surface area contributed by atoms with Gasteiger partial charge < -0.3 is 34.5 Å². The maximum Gasteiger partial charge on any atom is 0.410 e. The summed E-state index contributed by atoms with van der Waals surface area (Å²) in [5.74, 6) is 0.756. The Morgan fingerprint density at radius 1 is 0.761 bits per heavy atom. The number of nitro benzene ring substituents is 1. The van der Waals surface area contributed by atoms with Gasteiger partial charge >= 0.3 is 17.9 Å². The highest BCUT2D eigenvalue weighted by Gasteiger charge is 2.30. The molecule has 0 unspecified atom stereocenters. The van der Waals surface area contributed by atoms with Gasteiger partial charge in [0.2, 0.25) is 0 Å². The van der Waals surface area contributed by atoms with E-state index in [1.54, 1.807) is 28.0 Å². The Balaban J connectivity index is 0.000000251. The van der Waals surface area contributed by atoms with E-state index in [2.05, 4.69) is 0 Å². The smallest absolute Gasteiger partial charge is 0.410 e. The number of amides is 2. The Kier molecular flexibility index (Phi) is 12.6. The zero-order valence-electron chi connectivity index (χ0n) is 27.2. The van der Waals surface area contributed by atoms with Gasteiger partial charge in [-0.3, -0.25) is 10.1 Å². The van der Waals surface area contributed by atoms with Crippen LogP contribution in [0.1, 0.15) is 67.2 Å². The van der Waals surface area contributed by atoms with Crippen LogP contribution in [0.5, 0.6) is 11.5 Å². The Hall–Kier alpha value is -3.64. The van der Waals surface area contributed by atoms with Gasteiger partial charge in [-0.2, -0.15) is 0 Å². The molecule has 2 aliphatic rings. The van der Waals surface area contributed by atoms with Crippen LogP contribution in [0.25, 0.3) is 0 Å². The fourth-order valence-electron chi connectivity index (χ4n) is 4.71. The largest absolute Gasteiger partial charge is 0.488 e. The van der Waals surface area contributed by atoms with E-state index in [4.69, 9.17) is 47.9 Å². The lowest BCUT2D eigenvalue weighted by Gasteiger charge is -2.33. The molecule has 2 aromatic rings. The zero-order valence-corrected chi connectivity index (χ0v) is 28.7. The number of nitrogens with zero attached hydrogens (tertiary/aromatic N) is 3. The monoisotopic (exact) mass is 682 g/mol. The summed E-state index contributed by atoms with van der Waals surface area (Å²) in [5.41, 5.74) is 5.12. The number of likely N-dealkylation sites (tertiary alicyclic amines) is 2. The second kappa shape index (κ2) is 15.8. The topological polar surface area (TPSA) is 147 Å². The number of hydrogen-bond donors (Lipinski definition) is 1. The molecule has 0 aromatic heterocycles. The van der Waals surface area contributed by atoms with Gasteiger partial charge in [0.25, 0.3) is 0 Å². The molecule has 0 atom stereocenters. The normalized spacial score (nSPS) is 16.2. The van der Waals surface area contributed by atoms with E-state index in [1.807, 2.05) is 47.6 Å². The number of ether oxygens (including phenoxy) is 4. The number of nitro groups is 1. The molecule has 12 nitrogen and oxygen atoms in total. The van der Waals surface area contributed by atoms with Gasteiger partial charge in [-0.25, -0.2) is 9.59 Å². The molecule has 0 radical (unpaired) electrons. The first-order valence-electron chi connectivity index (χ1n) is 15.2. The molecular formula is C32H44Cl2N4O8. The summed E-state index contributed by atoms with van der Waals surface area (Å²) in [7, 11) is 0. The molecule has 14 heteroatoms. The van der Waals surface area contributed by atoms with E-state index in [-0.39, 0.29) is 40.9 Å². The first kappa shape index (κ1) is 36.8. The van der Waals surface area contributed by atoms with E-state index in [9.17, 15) is 19.7 Å². The van der Waals surface area contributed by atoms with Crippen molar-refractivity contribution < 1.29 is 33.5 Å². The molecule has 0 spiro atoms. The Labute approximate surface area is 280 Å². The van der Waals surface area contributed by atoms with Crippen LogP contribution in [0.3, 0.4) is 0 Å². The standard InChI is InChI=1S/C16H21ClN2O5.C16H23ClN2O3/c1-16(2,3)24-15(20)18-9-7-11(8-10-18)23-13-6-4-5-12(17)14(13)19(21)22;1-16(2,3)22-15(20)19-9-7-11(8-10-19)21-13-6-4-5-12(17)14(13)18/h4-6,11H,7-10H2,1-3H3;4-6,11H,7-10,18H2,1-3H3. The third kappa shape index (κ3) is 11.3. The minimum absolute atomic E-state index is 0.0273. The number of hydrogen-bond acceptors (Lipinski definition) is 9. The molecule has 0 bridgehead atoms. The van der Waals surface area contributed by atoms with Crippen LogP contribution in [-0.2, 0) is 9.47 Å². The number of rotatable bonds is 5. The Morgan fingerprint density at radius 2 is 1.15 bits per heavy atom. The van der Waals surface area contributed by atoms with E-state index in [0.29, 0.717) is 55.5 Å². The molecule has 254 valence electrons. The molecule has 46 heavy (non-hydrogen) atoms. The number of benzene rings is 2. The minimum atomic E-state index is -0.548. The van der Waals surface area contributed by atoms with Crippen molar-refractivity contribution in [2.75, 3.05) is 31.9 Å². The zero-order chi connectivity index (χ0) is 34.2. The summed E-state index contributed by atoms with van der Waals surface area (Å²) < 4.78 is 22.4. The van der Waals surface area contributed by atoms with Crippen LogP contribution in [0, 0.1) is 10.1 Å². The van der Waals surface area contributed by atoms with Crippen molar-refractivity contribution in [3.8, 4) is 11.5 Å². The van der Waals surface area contributed by atoms with Crippen LogP contribution in [0.2, 0.25) is 10.0 Å². The maximum absolute atomic E-state index is 12.0. The second-order valence-electron chi connectivity index (χ2n) is 13.1. The van der Waals surface area contributed by atoms with Gasteiger partial charge in [0, 0.05) is 51.9 Å². The molecule has 0 saturated carbocycles. The number of carbonyl (C=O) groups is 2. The summed E-state index contributed by atoms with van der Waals surface area (Å²) >= 11 is 11.9. The van der Waals surface area contributed by atoms with Crippen molar-refractivity contribution >= 4 is 46.8 Å². The molecule has 0 aliphatic carbocycles. The fraction of sp³-hybridized carbons (Fsp3) is 0.562. The molecule has 2 heterocycles. The van der Waals surface area contributed by atoms with E-state index in [1.165, 1.54) is 12.1 Å². The highest BCUT2D eigenvalue weighted by molar-refractivity contribution is 6.33. The maximum atomic E-state index is 12.0. The fourth-order valence-corrected chi connectivity index (χ4v) is 5.11. The highest BCUT2D eigenvalue weighted by atomic mass is 35.5. The van der Waals surface area contributed by atoms with Gasteiger partial charge in [-0.15, -0.1) is 0 Å². The average molecular weight is 684 g/mol. The summed E-state index contributed by atoms with van der Waals surface area (Å²) in [6.45, 7) is 13.2. The highest BCUT2D eigenvalue weighted by Crippen LogP contribution is 2.36. The predicted octanol–water partition coefficient (Wildman–Crippen LogP) is 7.73. The second-order valence-corrected chi connectivity index (χ2v) is 13.9. The SMILES string of the molecule is CC(C)(C)OC(=O)N1CCC(Oc2cccc(Cl)c2N)CC1.CC(C)(C)OC(=O)N1CCC(Oc2cccc(Cl)c2[N+](=O)[O-])CC1. The summed E-state index contributed by atoms with van der Waals surface area (Å²) in [6, 6.07) is 9.95. The third-order valence-corrected chi connectivity index (χ3v) is 7.55. The third-order valence-electron chi connectivity index (χ3n) is 6.92. The number of nitrogens with two attached hydrogens (primary N) is 1. The first-order valence-corrected chi connectivity index (χ1v) is 15.9. The number of nitrogen functional groups attached to an aromatic ring is 1. The van der Waals surface area contributed by atoms with Crippen molar-refractivity contribution in [3.05, 3.63) is 56.6 Å². The first-order chi connectivity index (χ1) is 21.4. The van der Waals surface area contributed by atoms with Crippen LogP contribution in [0.15, 0.2) is 36.4 Å². The molecule has 2 amide bonds. The molecule has 2 aromatic carbocycles. The lowest BCUT2D eigenvalue weighted by atomic mass is 10.1. The van der Waals surface area contributed by atoms with Gasteiger partial charge in [0.05, 0.1) is 15.6 Å². The van der Waals surface area contributed by atoms with Crippen LogP contribution in [-0.4, -0.2) is 76.5 Å². The number of halogens is 2. The van der Waals surface area contributed by atoms with E-state index >= 15 is 0 Å². The molecule has 2 saturated heterocycles. The minimum Gasteiger partial charge on any atom is -0.488 e. The molecule has 2 N–H and O–H groups in total. The average Bonchev–Trinajstić information content (AvgIpc) is 2.95. The van der Waals surface area contributed by atoms with Crippen LogP contribution in [0.4, 0.5) is 21.0 Å². The molecular weight excluding hydrogens is 639 g/mol. The number of anilines is 1. The van der Waals surface area contributed by atoms with Crippen molar-refractivity contribution in [2.45, 2.75) is 90.6 Å². The van der Waals surface area contributed by atoms with Gasteiger partial charge in [0.15, 0.2) is 5.75 Å². The van der Waals surface area contributed by atoms with E-state index in [0.717, 1.165) is 12.8 Å². The number of para-hydroxylation sites is 2. The summed E-state index contributed by atoms with van der Waals surface area (Å²) in [4.78, 5) is 37.9. The predicted molar refractivity (Wildman–Crippen MR) is 177 cm³/mol. The lowest BCUT2D eigenvalue weighted by molar-refractivity contribution is -0.385. The van der Waals surface area contributed by atoms with Crippen molar-refractivity contribution in [1.82, 2.24) is 9.80 Å². The Morgan fingerprint density at radius 3 is 1.57 bits per heavy atom. The molecule has 2 aliphatic heterocycles. The summed E-state index contributed by atoms with van der Waals surface area (Å²) in [6.07, 6.45) is 1.82. The van der Waals surface area contributed by atoms with Crippen LogP contribution < -0.4 is 15.2 Å². The molecule has 4 rings (SSSR count). The number of piperidine rings is 2. The van der Waals surface area contributed by atoms with Gasteiger partial charge in [-0.1, -0.05) is 35.3 Å².